The number of amides is 1. The number of benzene rings is 1. The van der Waals surface area contributed by atoms with Crippen LogP contribution in [0.15, 0.2) is 36.5 Å². The van der Waals surface area contributed by atoms with Crippen LogP contribution in [0, 0.1) is 6.54 Å². The zero-order chi connectivity index (χ0) is 11.4. The number of para-hydroxylation sites is 1. The monoisotopic (exact) mass is 213 g/mol. The van der Waals surface area contributed by atoms with Crippen molar-refractivity contribution in [3.8, 4) is 0 Å². The lowest BCUT2D eigenvalue weighted by molar-refractivity contribution is -0.120. The predicted octanol–water partition coefficient (Wildman–Crippen LogP) is 2.27. The minimum absolute atomic E-state index is 0.00735. The molecule has 0 unspecified atom stereocenters. The van der Waals surface area contributed by atoms with Crippen LogP contribution in [-0.4, -0.2) is 10.9 Å². The second-order valence-electron chi connectivity index (χ2n) is 3.49. The molecule has 16 heavy (non-hydrogen) atoms. The molecule has 0 bridgehead atoms. The maximum absolute atomic E-state index is 11.2. The molecular weight excluding hydrogens is 200 g/mol. The normalized spacial score (nSPS) is 10.3. The van der Waals surface area contributed by atoms with Crippen molar-refractivity contribution in [2.45, 2.75) is 13.3 Å². The zero-order valence-electron chi connectivity index (χ0n) is 9.10. The largest absolute Gasteiger partial charge is 0.347 e. The van der Waals surface area contributed by atoms with Crippen molar-refractivity contribution < 1.29 is 4.79 Å². The molecule has 0 atom stereocenters. The summed E-state index contributed by atoms with van der Waals surface area (Å²) in [7, 11) is 0. The number of fused-ring (bicyclic) bond motifs is 1. The van der Waals surface area contributed by atoms with Gasteiger partial charge in [0.05, 0.1) is 12.1 Å². The van der Waals surface area contributed by atoms with Crippen LogP contribution in [0.4, 0.5) is 0 Å². The molecule has 3 nitrogen and oxygen atoms in total. The molecule has 1 radical (unpaired) electrons. The third-order valence-corrected chi connectivity index (χ3v) is 2.37. The molecule has 81 valence electrons. The van der Waals surface area contributed by atoms with E-state index in [1.54, 1.807) is 12.7 Å². The summed E-state index contributed by atoms with van der Waals surface area (Å²) in [6.45, 7) is 3.53. The fraction of sp³-hybridized carbons (Fsp3) is 0.154. The van der Waals surface area contributed by atoms with E-state index in [0.717, 1.165) is 16.5 Å². The molecule has 0 saturated carbocycles. The Morgan fingerprint density at radius 2 is 2.19 bits per heavy atom. The highest BCUT2D eigenvalue weighted by Crippen LogP contribution is 2.16. The topological polar surface area (TPSA) is 42.0 Å². The van der Waals surface area contributed by atoms with E-state index in [2.05, 4.69) is 10.3 Å². The second kappa shape index (κ2) is 4.75. The van der Waals surface area contributed by atoms with Gasteiger partial charge in [-0.15, -0.1) is 0 Å². The number of aromatic nitrogens is 1. The van der Waals surface area contributed by atoms with E-state index in [1.807, 2.05) is 37.3 Å². The van der Waals surface area contributed by atoms with Crippen molar-refractivity contribution >= 4 is 16.8 Å². The van der Waals surface area contributed by atoms with Gasteiger partial charge in [0.15, 0.2) is 0 Å². The van der Waals surface area contributed by atoms with E-state index in [9.17, 15) is 4.79 Å². The maximum atomic E-state index is 11.2. The minimum Gasteiger partial charge on any atom is -0.347 e. The Hall–Kier alpha value is -1.90. The number of hydrogen-bond acceptors (Lipinski definition) is 2. The number of pyridine rings is 1. The first kappa shape index (κ1) is 10.6. The van der Waals surface area contributed by atoms with Gasteiger partial charge in [0.1, 0.15) is 0 Å². The highest BCUT2D eigenvalue weighted by molar-refractivity contribution is 5.84. The first-order valence-electron chi connectivity index (χ1n) is 5.27. The SMILES string of the molecule is CCC(=O)N[CH]c1cccc2cccnc12. The Labute approximate surface area is 94.5 Å². The molecule has 1 aromatic heterocycles. The highest BCUT2D eigenvalue weighted by atomic mass is 16.1. The van der Waals surface area contributed by atoms with Crippen LogP contribution >= 0.6 is 0 Å². The lowest BCUT2D eigenvalue weighted by atomic mass is 10.1. The summed E-state index contributed by atoms with van der Waals surface area (Å²) in [5.41, 5.74) is 1.83. The average molecular weight is 213 g/mol. The Morgan fingerprint density at radius 1 is 1.38 bits per heavy atom. The van der Waals surface area contributed by atoms with Gasteiger partial charge in [0.25, 0.3) is 0 Å². The molecule has 0 aliphatic carbocycles. The molecule has 2 rings (SSSR count). The third kappa shape index (κ3) is 2.19. The van der Waals surface area contributed by atoms with Crippen LogP contribution in [-0.2, 0) is 4.79 Å². The van der Waals surface area contributed by atoms with Crippen molar-refractivity contribution in [3.63, 3.8) is 0 Å². The van der Waals surface area contributed by atoms with Gasteiger partial charge in [-0.05, 0) is 6.07 Å². The van der Waals surface area contributed by atoms with Crippen LogP contribution < -0.4 is 5.32 Å². The smallest absolute Gasteiger partial charge is 0.220 e. The molecule has 3 heteroatoms. The van der Waals surface area contributed by atoms with Crippen molar-refractivity contribution in [1.82, 2.24) is 10.3 Å². The fourth-order valence-corrected chi connectivity index (χ4v) is 1.50. The Balaban J connectivity index is 2.27. The first-order valence-corrected chi connectivity index (χ1v) is 5.27. The average Bonchev–Trinajstić information content (AvgIpc) is 2.35. The molecule has 0 fully saturated rings. The van der Waals surface area contributed by atoms with Gasteiger partial charge in [-0.1, -0.05) is 31.2 Å². The van der Waals surface area contributed by atoms with Crippen LogP contribution in [0.1, 0.15) is 18.9 Å². The number of carbonyl (C=O) groups excluding carboxylic acids is 1. The standard InChI is InChI=1S/C13H13N2O/c1-2-12(16)15-9-11-6-3-5-10-7-4-8-14-13(10)11/h3-9H,2H2,1H3,(H,15,16). The molecule has 1 heterocycles. The van der Waals surface area contributed by atoms with E-state index >= 15 is 0 Å². The summed E-state index contributed by atoms with van der Waals surface area (Å²) in [5, 5.41) is 3.81. The van der Waals surface area contributed by atoms with E-state index in [0.29, 0.717) is 6.42 Å². The Kier molecular flexibility index (Phi) is 3.15. The highest BCUT2D eigenvalue weighted by Gasteiger charge is 2.03. The minimum atomic E-state index is 0.00735. The van der Waals surface area contributed by atoms with Gasteiger partial charge in [-0.2, -0.15) is 0 Å². The molecule has 0 aliphatic rings. The Morgan fingerprint density at radius 3 is 3.00 bits per heavy atom. The van der Waals surface area contributed by atoms with Gasteiger partial charge in [0, 0.05) is 23.6 Å². The van der Waals surface area contributed by atoms with Crippen LogP contribution in [0.3, 0.4) is 0 Å². The lowest BCUT2D eigenvalue weighted by Crippen LogP contribution is -2.19. The molecule has 0 aliphatic heterocycles. The van der Waals surface area contributed by atoms with Gasteiger partial charge in [-0.25, -0.2) is 0 Å². The Bertz CT molecular complexity index is 503. The molecule has 0 saturated heterocycles. The molecule has 1 aromatic carbocycles. The fourth-order valence-electron chi connectivity index (χ4n) is 1.50. The number of rotatable bonds is 3. The van der Waals surface area contributed by atoms with Crippen LogP contribution in [0.5, 0.6) is 0 Å². The number of carbonyl (C=O) groups is 1. The summed E-state index contributed by atoms with van der Waals surface area (Å²) < 4.78 is 0. The van der Waals surface area contributed by atoms with E-state index < -0.39 is 0 Å². The van der Waals surface area contributed by atoms with Crippen molar-refractivity contribution in [2.75, 3.05) is 0 Å². The van der Waals surface area contributed by atoms with Gasteiger partial charge in [-0.3, -0.25) is 9.78 Å². The second-order valence-corrected chi connectivity index (χ2v) is 3.49. The molecule has 0 spiro atoms. The quantitative estimate of drug-likeness (QED) is 0.849. The van der Waals surface area contributed by atoms with E-state index in [-0.39, 0.29) is 5.91 Å². The molecule has 1 N–H and O–H groups in total. The number of nitrogens with one attached hydrogen (secondary N) is 1. The van der Waals surface area contributed by atoms with Gasteiger partial charge >= 0.3 is 0 Å². The van der Waals surface area contributed by atoms with Crippen molar-refractivity contribution in [3.05, 3.63) is 48.6 Å². The predicted molar refractivity (Wildman–Crippen MR) is 63.6 cm³/mol. The number of hydrogen-bond donors (Lipinski definition) is 1. The first-order chi connectivity index (χ1) is 7.81. The summed E-state index contributed by atoms with van der Waals surface area (Å²) in [6, 6.07) is 9.79. The summed E-state index contributed by atoms with van der Waals surface area (Å²) in [5.74, 6) is 0.00735. The maximum Gasteiger partial charge on any atom is 0.220 e. The van der Waals surface area contributed by atoms with Gasteiger partial charge < -0.3 is 5.32 Å². The van der Waals surface area contributed by atoms with E-state index in [4.69, 9.17) is 0 Å². The molecule has 2 aromatic rings. The third-order valence-electron chi connectivity index (χ3n) is 2.37. The molecular formula is C13H13N2O. The van der Waals surface area contributed by atoms with E-state index in [1.165, 1.54) is 0 Å². The summed E-state index contributed by atoms with van der Waals surface area (Å²) >= 11 is 0. The summed E-state index contributed by atoms with van der Waals surface area (Å²) in [4.78, 5) is 15.5. The van der Waals surface area contributed by atoms with Crippen LogP contribution in [0.2, 0.25) is 0 Å². The molecule has 1 amide bonds. The zero-order valence-corrected chi connectivity index (χ0v) is 9.10. The van der Waals surface area contributed by atoms with Crippen molar-refractivity contribution in [1.29, 1.82) is 0 Å². The van der Waals surface area contributed by atoms with Crippen LogP contribution in [0.25, 0.3) is 10.9 Å². The number of nitrogens with zero attached hydrogens (tertiary/aromatic N) is 1. The summed E-state index contributed by atoms with van der Waals surface area (Å²) in [6.07, 6.45) is 2.23. The van der Waals surface area contributed by atoms with Gasteiger partial charge in [0.2, 0.25) is 5.91 Å². The lowest BCUT2D eigenvalue weighted by Gasteiger charge is -2.05. The van der Waals surface area contributed by atoms with Crippen molar-refractivity contribution in [2.24, 2.45) is 0 Å².